The number of nitrogens with two attached hydrogens (primary N) is 1. The zero-order valence-electron chi connectivity index (χ0n) is 8.86. The number of nitrogens with zero attached hydrogens (tertiary/aromatic N) is 1. The molecule has 1 aromatic rings. The van der Waals surface area contributed by atoms with Gasteiger partial charge in [-0.2, -0.15) is 0 Å². The van der Waals surface area contributed by atoms with Crippen molar-refractivity contribution >= 4 is 11.6 Å². The molecule has 0 aliphatic heterocycles. The Kier molecular flexibility index (Phi) is 3.49. The van der Waals surface area contributed by atoms with Crippen LogP contribution in [-0.2, 0) is 11.3 Å². The summed E-state index contributed by atoms with van der Waals surface area (Å²) in [7, 11) is 0. The van der Waals surface area contributed by atoms with E-state index in [2.05, 4.69) is 5.32 Å². The molecule has 0 radical (unpaired) electrons. The van der Waals surface area contributed by atoms with E-state index in [0.29, 0.717) is 5.69 Å². The van der Waals surface area contributed by atoms with Crippen molar-refractivity contribution in [2.45, 2.75) is 26.4 Å². The smallest absolute Gasteiger partial charge is 0.251 e. The first-order chi connectivity index (χ1) is 6.99. The van der Waals surface area contributed by atoms with Crippen LogP contribution in [0.3, 0.4) is 0 Å². The molecule has 15 heavy (non-hydrogen) atoms. The molecule has 1 rings (SSSR count). The average molecular weight is 209 g/mol. The molecule has 3 N–H and O–H groups in total. The summed E-state index contributed by atoms with van der Waals surface area (Å²) in [6, 6.07) is 2.92. The van der Waals surface area contributed by atoms with Gasteiger partial charge in [0.1, 0.15) is 6.54 Å². The fourth-order valence-corrected chi connectivity index (χ4v) is 1.20. The van der Waals surface area contributed by atoms with Crippen molar-refractivity contribution in [1.82, 2.24) is 9.88 Å². The minimum atomic E-state index is -0.233. The van der Waals surface area contributed by atoms with Gasteiger partial charge in [-0.3, -0.25) is 9.59 Å². The Labute approximate surface area is 87.9 Å². The summed E-state index contributed by atoms with van der Waals surface area (Å²) in [5.74, 6) is -0.197. The van der Waals surface area contributed by atoms with E-state index in [1.54, 1.807) is 0 Å². The van der Waals surface area contributed by atoms with Crippen molar-refractivity contribution in [3.63, 3.8) is 0 Å². The molecule has 0 saturated heterocycles. The van der Waals surface area contributed by atoms with Crippen LogP contribution in [0.4, 0.5) is 5.69 Å². The maximum atomic E-state index is 11.4. The van der Waals surface area contributed by atoms with E-state index >= 15 is 0 Å². The lowest BCUT2D eigenvalue weighted by Crippen LogP contribution is -2.35. The van der Waals surface area contributed by atoms with Crippen LogP contribution in [0.25, 0.3) is 0 Å². The molecular weight excluding hydrogens is 194 g/mol. The molecule has 0 aliphatic rings. The number of nitrogen functional groups attached to an aromatic ring is 1. The Bertz CT molecular complexity index is 409. The fourth-order valence-electron chi connectivity index (χ4n) is 1.20. The van der Waals surface area contributed by atoms with Crippen molar-refractivity contribution < 1.29 is 4.79 Å². The predicted molar refractivity (Wildman–Crippen MR) is 58.4 cm³/mol. The number of anilines is 1. The first-order valence-corrected chi connectivity index (χ1v) is 4.74. The number of aromatic nitrogens is 1. The molecule has 0 unspecified atom stereocenters. The molecule has 0 saturated carbocycles. The second kappa shape index (κ2) is 4.63. The highest BCUT2D eigenvalue weighted by molar-refractivity contribution is 5.76. The highest BCUT2D eigenvalue weighted by atomic mass is 16.2. The topological polar surface area (TPSA) is 77.1 Å². The van der Waals surface area contributed by atoms with Crippen molar-refractivity contribution in [3.05, 3.63) is 28.7 Å². The van der Waals surface area contributed by atoms with Crippen LogP contribution in [0.1, 0.15) is 13.8 Å². The maximum absolute atomic E-state index is 11.4. The van der Waals surface area contributed by atoms with Gasteiger partial charge in [-0.1, -0.05) is 0 Å². The second-order valence-corrected chi connectivity index (χ2v) is 3.65. The van der Waals surface area contributed by atoms with Crippen LogP contribution < -0.4 is 16.6 Å². The lowest BCUT2D eigenvalue weighted by molar-refractivity contribution is -0.122. The molecule has 0 aliphatic carbocycles. The van der Waals surface area contributed by atoms with Crippen molar-refractivity contribution in [2.24, 2.45) is 0 Å². The molecule has 1 heterocycles. The number of rotatable bonds is 3. The third kappa shape index (κ3) is 3.46. The van der Waals surface area contributed by atoms with Crippen LogP contribution in [0.2, 0.25) is 0 Å². The molecule has 5 nitrogen and oxygen atoms in total. The van der Waals surface area contributed by atoms with Gasteiger partial charge in [0.05, 0.1) is 0 Å². The largest absolute Gasteiger partial charge is 0.398 e. The zero-order chi connectivity index (χ0) is 11.4. The van der Waals surface area contributed by atoms with Crippen molar-refractivity contribution in [3.8, 4) is 0 Å². The standard InChI is InChI=1S/C10H15N3O2/c1-7(2)12-9(14)6-13-5-8(11)3-4-10(13)15/h3-5,7H,6,11H2,1-2H3,(H,12,14). The Morgan fingerprint density at radius 1 is 1.53 bits per heavy atom. The van der Waals surface area contributed by atoms with Crippen LogP contribution in [-0.4, -0.2) is 16.5 Å². The van der Waals surface area contributed by atoms with Gasteiger partial charge in [-0.15, -0.1) is 0 Å². The molecule has 0 atom stereocenters. The van der Waals surface area contributed by atoms with Crippen LogP contribution >= 0.6 is 0 Å². The summed E-state index contributed by atoms with van der Waals surface area (Å²) >= 11 is 0. The number of hydrogen-bond donors (Lipinski definition) is 2. The monoisotopic (exact) mass is 209 g/mol. The van der Waals surface area contributed by atoms with Gasteiger partial charge in [0.2, 0.25) is 5.91 Å². The van der Waals surface area contributed by atoms with Crippen LogP contribution in [0.15, 0.2) is 23.1 Å². The van der Waals surface area contributed by atoms with Gasteiger partial charge in [0, 0.05) is 24.0 Å². The number of carbonyl (C=O) groups is 1. The summed E-state index contributed by atoms with van der Waals surface area (Å²) in [6.45, 7) is 3.72. The summed E-state index contributed by atoms with van der Waals surface area (Å²) in [5, 5.41) is 2.70. The zero-order valence-corrected chi connectivity index (χ0v) is 8.86. The number of pyridine rings is 1. The summed E-state index contributed by atoms with van der Waals surface area (Å²) in [6.07, 6.45) is 1.46. The van der Waals surface area contributed by atoms with Crippen molar-refractivity contribution in [2.75, 3.05) is 5.73 Å². The molecule has 0 spiro atoms. The molecule has 1 amide bonds. The minimum absolute atomic E-state index is 0.00204. The Hall–Kier alpha value is -1.78. The normalized spacial score (nSPS) is 10.3. The van der Waals surface area contributed by atoms with E-state index in [1.807, 2.05) is 13.8 Å². The van der Waals surface area contributed by atoms with Gasteiger partial charge in [-0.05, 0) is 19.9 Å². The van der Waals surface area contributed by atoms with Gasteiger partial charge < -0.3 is 15.6 Å². The SMILES string of the molecule is CC(C)NC(=O)Cn1cc(N)ccc1=O. The molecule has 0 bridgehead atoms. The molecule has 5 heteroatoms. The van der Waals surface area contributed by atoms with E-state index in [4.69, 9.17) is 5.73 Å². The quantitative estimate of drug-likeness (QED) is 0.733. The number of amides is 1. The lowest BCUT2D eigenvalue weighted by Gasteiger charge is -2.09. The summed E-state index contributed by atoms with van der Waals surface area (Å²) in [5.41, 5.74) is 5.74. The van der Waals surface area contributed by atoms with E-state index in [9.17, 15) is 9.59 Å². The molecule has 0 fully saturated rings. The highest BCUT2D eigenvalue weighted by Crippen LogP contribution is 1.95. The maximum Gasteiger partial charge on any atom is 0.251 e. The third-order valence-corrected chi connectivity index (χ3v) is 1.77. The Balaban J connectivity index is 2.76. The first kappa shape index (κ1) is 11.3. The minimum Gasteiger partial charge on any atom is -0.398 e. The number of hydrogen-bond acceptors (Lipinski definition) is 3. The molecule has 0 aromatic carbocycles. The lowest BCUT2D eigenvalue weighted by atomic mass is 10.3. The first-order valence-electron chi connectivity index (χ1n) is 4.74. The van der Waals surface area contributed by atoms with Crippen LogP contribution in [0.5, 0.6) is 0 Å². The predicted octanol–water partition coefficient (Wildman–Crippen LogP) is -0.0449. The fraction of sp³-hybridized carbons (Fsp3) is 0.400. The van der Waals surface area contributed by atoms with Gasteiger partial charge in [0.15, 0.2) is 0 Å². The van der Waals surface area contributed by atoms with E-state index in [-0.39, 0.29) is 24.1 Å². The second-order valence-electron chi connectivity index (χ2n) is 3.65. The van der Waals surface area contributed by atoms with Gasteiger partial charge in [-0.25, -0.2) is 0 Å². The van der Waals surface area contributed by atoms with Crippen molar-refractivity contribution in [1.29, 1.82) is 0 Å². The summed E-state index contributed by atoms with van der Waals surface area (Å²) in [4.78, 5) is 22.7. The van der Waals surface area contributed by atoms with Gasteiger partial charge in [0.25, 0.3) is 5.56 Å². The molecule has 1 aromatic heterocycles. The molecule has 82 valence electrons. The number of nitrogens with one attached hydrogen (secondary N) is 1. The Morgan fingerprint density at radius 2 is 2.20 bits per heavy atom. The van der Waals surface area contributed by atoms with Crippen LogP contribution in [0, 0.1) is 0 Å². The molecular formula is C10H15N3O2. The summed E-state index contributed by atoms with van der Waals surface area (Å²) < 4.78 is 1.28. The highest BCUT2D eigenvalue weighted by Gasteiger charge is 2.05. The Morgan fingerprint density at radius 3 is 2.80 bits per heavy atom. The third-order valence-electron chi connectivity index (χ3n) is 1.77. The average Bonchev–Trinajstić information content (AvgIpc) is 2.10. The number of carbonyl (C=O) groups excluding carboxylic acids is 1. The van der Waals surface area contributed by atoms with E-state index < -0.39 is 0 Å². The van der Waals surface area contributed by atoms with E-state index in [1.165, 1.54) is 22.9 Å². The van der Waals surface area contributed by atoms with Gasteiger partial charge >= 0.3 is 0 Å². The van der Waals surface area contributed by atoms with E-state index in [0.717, 1.165) is 0 Å².